The molecule has 0 bridgehead atoms. The fourth-order valence-corrected chi connectivity index (χ4v) is 1.75. The first-order valence-corrected chi connectivity index (χ1v) is 4.67. The number of aliphatic imine (C=N–C) groups is 1. The third kappa shape index (κ3) is 1.49. The van der Waals surface area contributed by atoms with Crippen LogP contribution in [0.3, 0.4) is 0 Å². The number of hydrogen-bond acceptors (Lipinski definition) is 5. The number of allylic oxidation sites excluding steroid dienone is 1. The molecule has 6 heteroatoms. The average molecular weight is 198 g/mol. The quantitative estimate of drug-likeness (QED) is 0.357. The molecule has 12 heavy (non-hydrogen) atoms. The molecule has 62 valence electrons. The normalized spacial score (nSPS) is 27.2. The lowest BCUT2D eigenvalue weighted by atomic mass is 10.3. The van der Waals surface area contributed by atoms with Crippen LogP contribution in [0.25, 0.3) is 0 Å². The SMILES string of the molecule is [S-][N+]1=NC(=C2C=NC=CN2)CS1. The first-order valence-electron chi connectivity index (χ1n) is 3.36. The van der Waals surface area contributed by atoms with Crippen LogP contribution < -0.4 is 5.32 Å². The van der Waals surface area contributed by atoms with E-state index in [9.17, 15) is 0 Å². The Kier molecular flexibility index (Phi) is 2.09. The molecule has 0 saturated heterocycles. The molecule has 0 spiro atoms. The molecule has 0 aliphatic carbocycles. The fraction of sp³-hybridized carbons (Fsp3) is 0.167. The minimum atomic E-state index is 0.811. The van der Waals surface area contributed by atoms with E-state index in [1.807, 2.05) is 0 Å². The predicted molar refractivity (Wildman–Crippen MR) is 50.3 cm³/mol. The Morgan fingerprint density at radius 2 is 2.58 bits per heavy atom. The van der Waals surface area contributed by atoms with Crippen LogP contribution in [-0.4, -0.2) is 15.5 Å². The van der Waals surface area contributed by atoms with Crippen LogP contribution >= 0.6 is 11.9 Å². The van der Waals surface area contributed by atoms with Crippen molar-refractivity contribution >= 4 is 31.0 Å². The molecule has 0 aromatic rings. The van der Waals surface area contributed by atoms with Crippen molar-refractivity contribution in [2.24, 2.45) is 10.1 Å². The Hall–Kier alpha value is -0.880. The second-order valence-corrected chi connectivity index (χ2v) is 3.68. The summed E-state index contributed by atoms with van der Waals surface area (Å²) >= 11 is 6.35. The second kappa shape index (κ2) is 3.24. The number of rotatable bonds is 0. The van der Waals surface area contributed by atoms with Gasteiger partial charge in [0.2, 0.25) is 0 Å². The molecule has 0 fully saturated rings. The highest BCUT2D eigenvalue weighted by atomic mass is 32.2. The largest absolute Gasteiger partial charge is 0.382 e. The van der Waals surface area contributed by atoms with Crippen molar-refractivity contribution in [2.75, 3.05) is 5.75 Å². The van der Waals surface area contributed by atoms with Crippen LogP contribution in [0, 0.1) is 0 Å². The fourth-order valence-electron chi connectivity index (χ4n) is 0.887. The molecule has 2 aliphatic heterocycles. The molecule has 2 heterocycles. The van der Waals surface area contributed by atoms with Crippen molar-refractivity contribution < 1.29 is 3.51 Å². The van der Waals surface area contributed by atoms with Gasteiger partial charge in [-0.15, -0.1) is 3.51 Å². The van der Waals surface area contributed by atoms with Gasteiger partial charge in [0.05, 0.1) is 11.9 Å². The highest BCUT2D eigenvalue weighted by Crippen LogP contribution is 2.21. The van der Waals surface area contributed by atoms with Gasteiger partial charge < -0.3 is 18.1 Å². The van der Waals surface area contributed by atoms with Crippen LogP contribution in [0.2, 0.25) is 0 Å². The number of nitrogens with zero attached hydrogens (tertiary/aromatic N) is 3. The molecule has 0 amide bonds. The topological polar surface area (TPSA) is 39.8 Å². The number of hydrogen-bond donors (Lipinski definition) is 1. The molecule has 1 N–H and O–H groups in total. The van der Waals surface area contributed by atoms with E-state index in [-0.39, 0.29) is 0 Å². The third-order valence-corrected chi connectivity index (χ3v) is 2.53. The summed E-state index contributed by atoms with van der Waals surface area (Å²) in [6, 6.07) is 0. The van der Waals surface area contributed by atoms with Crippen molar-refractivity contribution in [2.45, 2.75) is 0 Å². The maximum absolute atomic E-state index is 4.85. The van der Waals surface area contributed by atoms with E-state index in [1.54, 1.807) is 18.6 Å². The number of nitrogens with one attached hydrogen (secondary N) is 1. The summed E-state index contributed by atoms with van der Waals surface area (Å²) in [4.78, 5) is 3.98. The van der Waals surface area contributed by atoms with Gasteiger partial charge in [-0.05, 0) is 5.11 Å². The lowest BCUT2D eigenvalue weighted by Crippen LogP contribution is -2.11. The lowest BCUT2D eigenvalue weighted by Gasteiger charge is -2.03. The molecule has 0 aromatic heterocycles. The minimum absolute atomic E-state index is 0.811. The van der Waals surface area contributed by atoms with Gasteiger partial charge in [0.15, 0.2) is 11.9 Å². The van der Waals surface area contributed by atoms with Gasteiger partial charge in [-0.3, -0.25) is 4.99 Å². The van der Waals surface area contributed by atoms with Crippen LogP contribution in [0.5, 0.6) is 0 Å². The molecule has 0 aromatic carbocycles. The zero-order valence-corrected chi connectivity index (χ0v) is 7.73. The molecule has 0 unspecified atom stereocenters. The van der Waals surface area contributed by atoms with Gasteiger partial charge >= 0.3 is 0 Å². The van der Waals surface area contributed by atoms with Crippen molar-refractivity contribution in [3.63, 3.8) is 0 Å². The minimum Gasteiger partial charge on any atom is -0.382 e. The summed E-state index contributed by atoms with van der Waals surface area (Å²) in [7, 11) is 0. The molecule has 2 aliphatic rings. The van der Waals surface area contributed by atoms with Crippen molar-refractivity contribution in [1.82, 2.24) is 5.32 Å². The highest BCUT2D eigenvalue weighted by Gasteiger charge is 2.17. The van der Waals surface area contributed by atoms with Gasteiger partial charge in [0, 0.05) is 12.4 Å². The van der Waals surface area contributed by atoms with E-state index in [0.29, 0.717) is 0 Å². The zero-order chi connectivity index (χ0) is 8.39. The van der Waals surface area contributed by atoms with Crippen molar-refractivity contribution in [1.29, 1.82) is 0 Å². The van der Waals surface area contributed by atoms with E-state index in [2.05, 4.69) is 15.4 Å². The van der Waals surface area contributed by atoms with E-state index < -0.39 is 0 Å². The standard InChI is InChI=1S/C6H6N4S2/c11-10-9-6(4-12-10)5-3-7-1-2-8-5/h1-3,8H,4H2. The van der Waals surface area contributed by atoms with Crippen LogP contribution in [0.15, 0.2) is 33.9 Å². The van der Waals surface area contributed by atoms with Crippen molar-refractivity contribution in [3.05, 3.63) is 23.8 Å². The first-order chi connectivity index (χ1) is 5.86. The summed E-state index contributed by atoms with van der Waals surface area (Å²) in [5.41, 5.74) is 1.88. The van der Waals surface area contributed by atoms with Gasteiger partial charge in [0.25, 0.3) is 0 Å². The zero-order valence-electron chi connectivity index (χ0n) is 6.10. The summed E-state index contributed by atoms with van der Waals surface area (Å²) in [5, 5.41) is 7.17. The van der Waals surface area contributed by atoms with Crippen molar-refractivity contribution in [3.8, 4) is 0 Å². The maximum atomic E-state index is 4.85. The van der Waals surface area contributed by atoms with Crippen LogP contribution in [0.1, 0.15) is 0 Å². The van der Waals surface area contributed by atoms with Gasteiger partial charge in [-0.1, -0.05) is 0 Å². The molecule has 0 radical (unpaired) electrons. The summed E-state index contributed by atoms with van der Waals surface area (Å²) in [6.45, 7) is 0. The van der Waals surface area contributed by atoms with E-state index in [4.69, 9.17) is 12.8 Å². The lowest BCUT2D eigenvalue weighted by molar-refractivity contribution is -0.212. The predicted octanol–water partition coefficient (Wildman–Crippen LogP) is 0.932. The Balaban J connectivity index is 2.27. The summed E-state index contributed by atoms with van der Waals surface area (Å²) < 4.78 is 1.44. The molecule has 0 saturated carbocycles. The second-order valence-electron chi connectivity index (χ2n) is 2.21. The monoisotopic (exact) mass is 198 g/mol. The molecule has 4 nitrogen and oxygen atoms in total. The maximum Gasteiger partial charge on any atom is 0.176 e. The van der Waals surface area contributed by atoms with E-state index >= 15 is 0 Å². The van der Waals surface area contributed by atoms with Crippen LogP contribution in [-0.2, 0) is 12.8 Å². The third-order valence-electron chi connectivity index (χ3n) is 1.43. The summed E-state index contributed by atoms with van der Waals surface area (Å²) in [5.74, 6) is 0.811. The summed E-state index contributed by atoms with van der Waals surface area (Å²) in [6.07, 6.45) is 5.21. The average Bonchev–Trinajstić information content (AvgIpc) is 2.54. The smallest absolute Gasteiger partial charge is 0.176 e. The first kappa shape index (κ1) is 7.75. The van der Waals surface area contributed by atoms with E-state index in [0.717, 1.165) is 17.1 Å². The molecule has 0 atom stereocenters. The Bertz CT molecular complexity index is 316. The Morgan fingerprint density at radius 3 is 3.17 bits per heavy atom. The van der Waals surface area contributed by atoms with Gasteiger partial charge in [-0.25, -0.2) is 0 Å². The van der Waals surface area contributed by atoms with Crippen LogP contribution in [0.4, 0.5) is 0 Å². The highest BCUT2D eigenvalue weighted by molar-refractivity contribution is 7.96. The van der Waals surface area contributed by atoms with Gasteiger partial charge in [-0.2, -0.15) is 0 Å². The molecular formula is C6H6N4S2. The van der Waals surface area contributed by atoms with E-state index in [1.165, 1.54) is 15.5 Å². The molecular weight excluding hydrogens is 192 g/mol. The Morgan fingerprint density at radius 1 is 1.67 bits per heavy atom. The Labute approximate surface area is 79.8 Å². The van der Waals surface area contributed by atoms with Gasteiger partial charge in [0.1, 0.15) is 11.4 Å². The molecule has 2 rings (SSSR count).